The third-order valence-electron chi connectivity index (χ3n) is 4.17. The summed E-state index contributed by atoms with van der Waals surface area (Å²) in [7, 11) is 0. The summed E-state index contributed by atoms with van der Waals surface area (Å²) in [5.74, 6) is -93.3. The zero-order valence-electron chi connectivity index (χ0n) is 15.5. The van der Waals surface area contributed by atoms with Gasteiger partial charge in [-0.2, -0.15) is 96.6 Å². The highest BCUT2D eigenvalue weighted by molar-refractivity contribution is 6.22. The predicted octanol–water partition coefficient (Wildman–Crippen LogP) is 7.26. The van der Waals surface area contributed by atoms with Gasteiger partial charge in [-0.25, -0.2) is 4.79 Å². The summed E-state index contributed by atoms with van der Waals surface area (Å²) in [4.78, 5) is 9.87. The van der Waals surface area contributed by atoms with Crippen LogP contribution in [0.4, 0.5) is 96.6 Å². The molecule has 0 aliphatic carbocycles. The maximum Gasteiger partial charge on any atom is 0.410 e. The van der Waals surface area contributed by atoms with Gasteiger partial charge in [-0.1, -0.05) is 0 Å². The summed E-state index contributed by atoms with van der Waals surface area (Å²) in [6.45, 7) is 0. The molecule has 0 radical (unpaired) electrons. The van der Waals surface area contributed by atoms with Crippen LogP contribution in [-0.4, -0.2) is 75.7 Å². The molecule has 2 nitrogen and oxygen atoms in total. The topological polar surface area (TPSA) is 37.3 Å². The molecule has 0 saturated carbocycles. The first-order chi connectivity index (χ1) is 15.4. The molecule has 0 heterocycles. The molecule has 0 aliphatic heterocycles. The van der Waals surface area contributed by atoms with E-state index in [1.807, 2.05) is 0 Å². The predicted molar refractivity (Wildman–Crippen MR) is 67.9 cm³/mol. The highest BCUT2D eigenvalue weighted by atomic mass is 35.5. The van der Waals surface area contributed by atoms with Crippen LogP contribution in [0.1, 0.15) is 0 Å². The molecule has 0 aromatic carbocycles. The summed E-state index contributed by atoms with van der Waals surface area (Å²) in [5.41, 5.74) is 0. The molecule has 37 heavy (non-hydrogen) atoms. The van der Waals surface area contributed by atoms with E-state index in [0.717, 1.165) is 0 Å². The molecule has 222 valence electrons. The fraction of sp³-hybridized carbons (Fsp3) is 0.917. The lowest BCUT2D eigenvalue weighted by Gasteiger charge is -2.45. The molecule has 0 rings (SSSR count). The van der Waals surface area contributed by atoms with E-state index in [9.17, 15) is 101 Å². The molecule has 0 fully saturated rings. The normalized spacial score (nSPS) is 16.7. The summed E-state index contributed by atoms with van der Waals surface area (Å²) < 4.78 is 288. The quantitative estimate of drug-likeness (QED) is 0.193. The van der Waals surface area contributed by atoms with Crippen LogP contribution >= 0.6 is 11.6 Å². The average molecular weight is 631 g/mol. The monoisotopic (exact) mass is 630 g/mol. The van der Waals surface area contributed by atoms with Gasteiger partial charge in [0.2, 0.25) is 0 Å². The van der Waals surface area contributed by atoms with Crippen LogP contribution in [0, 0.1) is 0 Å². The van der Waals surface area contributed by atoms with Crippen molar-refractivity contribution in [2.45, 2.75) is 64.6 Å². The van der Waals surface area contributed by atoms with Crippen molar-refractivity contribution in [3.8, 4) is 0 Å². The van der Waals surface area contributed by atoms with Crippen molar-refractivity contribution in [3.63, 3.8) is 0 Å². The van der Waals surface area contributed by atoms with Crippen molar-refractivity contribution in [2.24, 2.45) is 0 Å². The molecular formula is C12HClF22O2. The van der Waals surface area contributed by atoms with Gasteiger partial charge in [-0.3, -0.25) is 0 Å². The lowest BCUT2D eigenvalue weighted by molar-refractivity contribution is -0.471. The van der Waals surface area contributed by atoms with Gasteiger partial charge in [0.15, 0.2) is 0 Å². The third-order valence-corrected chi connectivity index (χ3v) is 4.41. The number of hydrogen-bond donors (Lipinski definition) is 1. The molecule has 25 heteroatoms. The highest BCUT2D eigenvalue weighted by Gasteiger charge is 2.98. The average Bonchev–Trinajstić information content (AvgIpc) is 2.65. The van der Waals surface area contributed by atoms with Crippen molar-refractivity contribution < 1.29 is 106 Å². The Hall–Kier alpha value is -1.78. The first-order valence-electron chi connectivity index (χ1n) is 7.52. The van der Waals surface area contributed by atoms with Gasteiger partial charge < -0.3 is 5.11 Å². The van der Waals surface area contributed by atoms with E-state index in [2.05, 4.69) is 11.6 Å². The summed E-state index contributed by atoms with van der Waals surface area (Å²) >= 11 is 3.22. The van der Waals surface area contributed by atoms with Crippen LogP contribution in [0.15, 0.2) is 0 Å². The van der Waals surface area contributed by atoms with Crippen molar-refractivity contribution in [1.29, 1.82) is 0 Å². The second-order valence-corrected chi connectivity index (χ2v) is 7.02. The zero-order valence-corrected chi connectivity index (χ0v) is 16.3. The first-order valence-corrected chi connectivity index (χ1v) is 7.90. The van der Waals surface area contributed by atoms with E-state index < -0.39 is 70.6 Å². The molecule has 0 aliphatic rings. The zero-order chi connectivity index (χ0) is 31.1. The number of rotatable bonds is 11. The molecule has 0 aromatic heterocycles. The molecule has 0 aromatic rings. The van der Waals surface area contributed by atoms with Gasteiger partial charge in [0.25, 0.3) is 0 Å². The van der Waals surface area contributed by atoms with Gasteiger partial charge >= 0.3 is 70.6 Å². The Morgan fingerprint density at radius 3 is 0.703 bits per heavy atom. The minimum absolute atomic E-state index is 3.22. The van der Waals surface area contributed by atoms with E-state index in [-0.39, 0.29) is 0 Å². The van der Waals surface area contributed by atoms with Gasteiger partial charge in [0.05, 0.1) is 0 Å². The number of carboxylic acids is 1. The summed E-state index contributed by atoms with van der Waals surface area (Å²) in [6.07, 6.45) is 0. The second-order valence-electron chi connectivity index (χ2n) is 6.55. The van der Waals surface area contributed by atoms with Crippen molar-refractivity contribution in [2.75, 3.05) is 0 Å². The molecule has 0 spiro atoms. The maximum absolute atomic E-state index is 13.4. The maximum atomic E-state index is 13.4. The lowest BCUT2D eigenvalue weighted by Crippen LogP contribution is -2.77. The van der Waals surface area contributed by atoms with Crippen LogP contribution in [0.3, 0.4) is 0 Å². The Labute approximate surface area is 190 Å². The van der Waals surface area contributed by atoms with E-state index in [0.29, 0.717) is 0 Å². The smallest absolute Gasteiger partial charge is 0.410 e. The number of carbonyl (C=O) groups is 1. The fourth-order valence-electron chi connectivity index (χ4n) is 1.89. The molecule has 0 unspecified atom stereocenters. The van der Waals surface area contributed by atoms with E-state index in [1.54, 1.807) is 0 Å². The first kappa shape index (κ1) is 35.2. The Morgan fingerprint density at radius 1 is 0.378 bits per heavy atom. The van der Waals surface area contributed by atoms with Crippen LogP contribution < -0.4 is 0 Å². The number of carboxylic acid groups (broad SMARTS) is 1. The second kappa shape index (κ2) is 8.36. The van der Waals surface area contributed by atoms with Gasteiger partial charge in [-0.05, 0) is 11.6 Å². The van der Waals surface area contributed by atoms with E-state index in [1.165, 1.54) is 0 Å². The van der Waals surface area contributed by atoms with Crippen LogP contribution in [0.2, 0.25) is 0 Å². The SMILES string of the molecule is O=C(O)C(F)(F)C(F)(F)C(F)(F)C(F)(F)C(F)(F)C(F)(F)C(F)(F)C(F)(F)C(F)(F)C(F)(F)C(F)(F)Cl. The summed E-state index contributed by atoms with van der Waals surface area (Å²) in [5, 5.41) is 0.489. The summed E-state index contributed by atoms with van der Waals surface area (Å²) in [6, 6.07) is 0. The fourth-order valence-corrected chi connectivity index (χ4v) is 2.01. The van der Waals surface area contributed by atoms with Crippen LogP contribution in [0.25, 0.3) is 0 Å². The Balaban J connectivity index is 7.25. The van der Waals surface area contributed by atoms with Gasteiger partial charge in [0, 0.05) is 0 Å². The van der Waals surface area contributed by atoms with Crippen molar-refractivity contribution >= 4 is 17.6 Å². The molecule has 0 atom stereocenters. The molecule has 0 saturated heterocycles. The Kier molecular flexibility index (Phi) is 7.96. The highest BCUT2D eigenvalue weighted by Crippen LogP contribution is 2.67. The Morgan fingerprint density at radius 2 is 0.541 bits per heavy atom. The Bertz CT molecular complexity index is 885. The molecule has 1 N–H and O–H groups in total. The molecule has 0 amide bonds. The minimum Gasteiger partial charge on any atom is -0.477 e. The number of alkyl halides is 23. The van der Waals surface area contributed by atoms with Crippen LogP contribution in [0.5, 0.6) is 0 Å². The number of aliphatic carboxylic acids is 1. The largest absolute Gasteiger partial charge is 0.477 e. The van der Waals surface area contributed by atoms with E-state index in [4.69, 9.17) is 5.11 Å². The number of halogens is 23. The standard InChI is InChI=1S/C12HClF22O2/c13-12(34,35)11(32,33)10(30,31)9(28,29)8(26,27)7(24,25)6(22,23)5(20,21)4(18,19)3(16,17)2(14,15)1(36)37/h(H,36,37). The van der Waals surface area contributed by atoms with Gasteiger partial charge in [-0.15, -0.1) is 0 Å². The third kappa shape index (κ3) is 4.00. The minimum atomic E-state index is -9.42. The molecular weight excluding hydrogens is 630 g/mol. The van der Waals surface area contributed by atoms with Crippen molar-refractivity contribution in [3.05, 3.63) is 0 Å². The molecule has 0 bridgehead atoms. The van der Waals surface area contributed by atoms with E-state index >= 15 is 0 Å². The lowest BCUT2D eigenvalue weighted by atomic mass is 9.85. The van der Waals surface area contributed by atoms with Gasteiger partial charge in [0.1, 0.15) is 0 Å². The van der Waals surface area contributed by atoms with Crippen molar-refractivity contribution in [1.82, 2.24) is 0 Å². The van der Waals surface area contributed by atoms with Crippen LogP contribution in [-0.2, 0) is 4.79 Å². The number of hydrogen-bond acceptors (Lipinski definition) is 1.